The molecule has 3 rings (SSSR count). The van der Waals surface area contributed by atoms with Gasteiger partial charge in [-0.15, -0.1) is 0 Å². The highest BCUT2D eigenvalue weighted by Crippen LogP contribution is 2.31. The molecule has 0 atom stereocenters. The second kappa shape index (κ2) is 6.00. The van der Waals surface area contributed by atoms with Crippen molar-refractivity contribution in [2.75, 3.05) is 36.2 Å². The predicted molar refractivity (Wildman–Crippen MR) is 89.3 cm³/mol. The fourth-order valence-electron chi connectivity index (χ4n) is 2.33. The van der Waals surface area contributed by atoms with E-state index in [1.807, 2.05) is 43.3 Å². The Balaban J connectivity index is 1.82. The molecule has 2 aromatic rings. The van der Waals surface area contributed by atoms with Crippen LogP contribution in [0.4, 0.5) is 17.1 Å². The van der Waals surface area contributed by atoms with E-state index < -0.39 is 0 Å². The summed E-state index contributed by atoms with van der Waals surface area (Å²) >= 11 is 0. The smallest absolute Gasteiger partial charge is 0.262 e. The van der Waals surface area contributed by atoms with E-state index in [1.54, 1.807) is 18.2 Å². The summed E-state index contributed by atoms with van der Waals surface area (Å²) in [5.41, 5.74) is 2.50. The maximum absolute atomic E-state index is 12.5. The molecule has 1 heterocycles. The molecule has 0 aliphatic carbocycles. The zero-order chi connectivity index (χ0) is 16.4. The second-order valence-corrected chi connectivity index (χ2v) is 5.41. The number of hydrogen-bond acceptors (Lipinski definition) is 4. The number of fused-ring (bicyclic) bond motifs is 1. The monoisotopic (exact) mass is 311 g/mol. The molecule has 0 aromatic heterocycles. The minimum absolute atomic E-state index is 0.0376. The van der Waals surface area contributed by atoms with Crippen molar-refractivity contribution in [3.63, 3.8) is 0 Å². The third-order valence-corrected chi connectivity index (χ3v) is 3.54. The van der Waals surface area contributed by atoms with Gasteiger partial charge >= 0.3 is 0 Å². The molecule has 1 aliphatic heterocycles. The Bertz CT molecular complexity index is 754. The molecule has 2 amide bonds. The van der Waals surface area contributed by atoms with E-state index in [2.05, 4.69) is 10.6 Å². The van der Waals surface area contributed by atoms with Crippen LogP contribution >= 0.6 is 0 Å². The zero-order valence-corrected chi connectivity index (χ0v) is 12.9. The number of nitrogens with zero attached hydrogens (tertiary/aromatic N) is 1. The highest BCUT2D eigenvalue weighted by molar-refractivity contribution is 6.12. The SMILES string of the molecule is CN(C)c1ccc(NC(=O)c2cccc3c2NC(=O)CO3)cc1. The molecule has 0 radical (unpaired) electrons. The Morgan fingerprint density at radius 2 is 1.91 bits per heavy atom. The van der Waals surface area contributed by atoms with Crippen molar-refractivity contribution < 1.29 is 14.3 Å². The van der Waals surface area contributed by atoms with Gasteiger partial charge in [0.15, 0.2) is 6.61 Å². The van der Waals surface area contributed by atoms with Gasteiger partial charge in [-0.3, -0.25) is 9.59 Å². The van der Waals surface area contributed by atoms with E-state index in [4.69, 9.17) is 4.74 Å². The first-order valence-corrected chi connectivity index (χ1v) is 7.19. The molecule has 0 fully saturated rings. The minimum Gasteiger partial charge on any atom is -0.482 e. The van der Waals surface area contributed by atoms with Crippen molar-refractivity contribution in [1.82, 2.24) is 0 Å². The molecule has 0 unspecified atom stereocenters. The summed E-state index contributed by atoms with van der Waals surface area (Å²) in [6.07, 6.45) is 0. The van der Waals surface area contributed by atoms with Crippen LogP contribution in [0.15, 0.2) is 42.5 Å². The van der Waals surface area contributed by atoms with Crippen LogP contribution in [0.1, 0.15) is 10.4 Å². The Hall–Kier alpha value is -3.02. The van der Waals surface area contributed by atoms with E-state index in [0.29, 0.717) is 22.7 Å². The normalized spacial score (nSPS) is 12.7. The lowest BCUT2D eigenvalue weighted by atomic mass is 10.1. The quantitative estimate of drug-likeness (QED) is 0.913. The summed E-state index contributed by atoms with van der Waals surface area (Å²) in [4.78, 5) is 25.9. The summed E-state index contributed by atoms with van der Waals surface area (Å²) in [6, 6.07) is 12.6. The lowest BCUT2D eigenvalue weighted by Crippen LogP contribution is -2.27. The molecule has 0 spiro atoms. The van der Waals surface area contributed by atoms with E-state index in [0.717, 1.165) is 5.69 Å². The summed E-state index contributed by atoms with van der Waals surface area (Å²) in [7, 11) is 3.90. The van der Waals surface area contributed by atoms with Crippen molar-refractivity contribution in [2.24, 2.45) is 0 Å². The Morgan fingerprint density at radius 1 is 1.17 bits per heavy atom. The van der Waals surface area contributed by atoms with E-state index >= 15 is 0 Å². The molecule has 23 heavy (non-hydrogen) atoms. The number of carbonyl (C=O) groups excluding carboxylic acids is 2. The van der Waals surface area contributed by atoms with Crippen LogP contribution in [0.3, 0.4) is 0 Å². The minimum atomic E-state index is -0.301. The molecular formula is C17H17N3O3. The van der Waals surface area contributed by atoms with Crippen molar-refractivity contribution in [2.45, 2.75) is 0 Å². The van der Waals surface area contributed by atoms with Gasteiger partial charge in [0.2, 0.25) is 0 Å². The lowest BCUT2D eigenvalue weighted by molar-refractivity contribution is -0.118. The maximum Gasteiger partial charge on any atom is 0.262 e. The molecule has 0 saturated heterocycles. The van der Waals surface area contributed by atoms with Crippen molar-refractivity contribution in [3.8, 4) is 5.75 Å². The van der Waals surface area contributed by atoms with Gasteiger partial charge in [-0.2, -0.15) is 0 Å². The average Bonchev–Trinajstić information content (AvgIpc) is 2.54. The van der Waals surface area contributed by atoms with Crippen molar-refractivity contribution in [3.05, 3.63) is 48.0 Å². The van der Waals surface area contributed by atoms with Crippen molar-refractivity contribution in [1.29, 1.82) is 0 Å². The first kappa shape index (κ1) is 14.9. The number of carbonyl (C=O) groups is 2. The predicted octanol–water partition coefficient (Wildman–Crippen LogP) is 2.34. The zero-order valence-electron chi connectivity index (χ0n) is 12.9. The first-order valence-electron chi connectivity index (χ1n) is 7.19. The van der Waals surface area contributed by atoms with Gasteiger partial charge in [-0.25, -0.2) is 0 Å². The highest BCUT2D eigenvalue weighted by atomic mass is 16.5. The summed E-state index contributed by atoms with van der Waals surface area (Å²) in [6.45, 7) is -0.0376. The maximum atomic E-state index is 12.5. The van der Waals surface area contributed by atoms with E-state index in [9.17, 15) is 9.59 Å². The van der Waals surface area contributed by atoms with Crippen LogP contribution in [-0.2, 0) is 4.79 Å². The van der Waals surface area contributed by atoms with Crippen LogP contribution in [0.2, 0.25) is 0 Å². The molecule has 6 nitrogen and oxygen atoms in total. The fraction of sp³-hybridized carbons (Fsp3) is 0.176. The van der Waals surface area contributed by atoms with Gasteiger partial charge in [0.25, 0.3) is 11.8 Å². The Morgan fingerprint density at radius 3 is 2.61 bits per heavy atom. The topological polar surface area (TPSA) is 70.7 Å². The molecule has 1 aliphatic rings. The Kier molecular flexibility index (Phi) is 3.89. The van der Waals surface area contributed by atoms with E-state index in [-0.39, 0.29) is 18.4 Å². The largest absolute Gasteiger partial charge is 0.482 e. The third-order valence-electron chi connectivity index (χ3n) is 3.54. The average molecular weight is 311 g/mol. The molecule has 0 bridgehead atoms. The number of rotatable bonds is 3. The van der Waals surface area contributed by atoms with Gasteiger partial charge in [-0.05, 0) is 36.4 Å². The van der Waals surface area contributed by atoms with Crippen LogP contribution < -0.4 is 20.3 Å². The van der Waals surface area contributed by atoms with Gasteiger partial charge in [-0.1, -0.05) is 6.07 Å². The number of nitrogens with one attached hydrogen (secondary N) is 2. The number of benzene rings is 2. The molecule has 0 saturated carbocycles. The highest BCUT2D eigenvalue weighted by Gasteiger charge is 2.22. The van der Waals surface area contributed by atoms with Crippen LogP contribution in [0.5, 0.6) is 5.75 Å². The molecule has 6 heteroatoms. The second-order valence-electron chi connectivity index (χ2n) is 5.41. The number of hydrogen-bond donors (Lipinski definition) is 2. The van der Waals surface area contributed by atoms with E-state index in [1.165, 1.54) is 0 Å². The van der Waals surface area contributed by atoms with Gasteiger partial charge < -0.3 is 20.3 Å². The molecule has 118 valence electrons. The third kappa shape index (κ3) is 3.11. The van der Waals surface area contributed by atoms with Crippen LogP contribution in [-0.4, -0.2) is 32.5 Å². The molecular weight excluding hydrogens is 294 g/mol. The lowest BCUT2D eigenvalue weighted by Gasteiger charge is -2.20. The first-order chi connectivity index (χ1) is 11.0. The summed E-state index contributed by atoms with van der Waals surface area (Å²) in [5.74, 6) is -0.0708. The number of amides is 2. The van der Waals surface area contributed by atoms with Crippen molar-refractivity contribution >= 4 is 28.9 Å². The van der Waals surface area contributed by atoms with Gasteiger partial charge in [0, 0.05) is 25.5 Å². The summed E-state index contributed by atoms with van der Waals surface area (Å²) < 4.78 is 5.32. The number of para-hydroxylation sites is 1. The van der Waals surface area contributed by atoms with Gasteiger partial charge in [0.05, 0.1) is 11.3 Å². The van der Waals surface area contributed by atoms with Gasteiger partial charge in [0.1, 0.15) is 5.75 Å². The standard InChI is InChI=1S/C17H17N3O3/c1-20(2)12-8-6-11(7-9-12)18-17(22)13-4-3-5-14-16(13)19-15(21)10-23-14/h3-9H,10H2,1-2H3,(H,18,22)(H,19,21). The number of anilines is 3. The van der Waals surface area contributed by atoms with Crippen LogP contribution in [0.25, 0.3) is 0 Å². The number of ether oxygens (including phenoxy) is 1. The summed E-state index contributed by atoms with van der Waals surface area (Å²) in [5, 5.41) is 5.51. The molecule has 2 N–H and O–H groups in total. The molecule has 2 aromatic carbocycles. The Labute approximate surface area is 134 Å². The fourth-order valence-corrected chi connectivity index (χ4v) is 2.33. The van der Waals surface area contributed by atoms with Crippen LogP contribution in [0, 0.1) is 0 Å².